The third-order valence-electron chi connectivity index (χ3n) is 2.86. The number of nitrogens with one attached hydrogen (secondary N) is 2. The lowest BCUT2D eigenvalue weighted by molar-refractivity contribution is -0.137. The highest BCUT2D eigenvalue weighted by atomic mass is 16.4. The van der Waals surface area contributed by atoms with Crippen LogP contribution in [0.3, 0.4) is 0 Å². The number of urea groups is 1. The van der Waals surface area contributed by atoms with Crippen molar-refractivity contribution in [2.45, 2.75) is 38.5 Å². The highest BCUT2D eigenvalue weighted by Crippen LogP contribution is 2.02. The van der Waals surface area contributed by atoms with Crippen LogP contribution in [0.25, 0.3) is 0 Å². The first-order chi connectivity index (χ1) is 9.07. The van der Waals surface area contributed by atoms with Gasteiger partial charge in [-0.05, 0) is 32.9 Å². The molecular weight excluding hydrogens is 246 g/mol. The lowest BCUT2D eigenvalue weighted by Gasteiger charge is -2.17. The average molecular weight is 273 g/mol. The fraction of sp³-hybridized carbons (Fsp3) is 0.846. The minimum absolute atomic E-state index is 0.0401. The van der Waals surface area contributed by atoms with E-state index in [-0.39, 0.29) is 12.5 Å². The van der Waals surface area contributed by atoms with Crippen LogP contribution in [0.1, 0.15) is 38.5 Å². The van der Waals surface area contributed by atoms with Crippen molar-refractivity contribution in [1.82, 2.24) is 15.5 Å². The van der Waals surface area contributed by atoms with E-state index < -0.39 is 5.97 Å². The normalized spacial score (nSPS) is 10.2. The van der Waals surface area contributed by atoms with Crippen LogP contribution >= 0.6 is 0 Å². The molecule has 0 saturated carbocycles. The van der Waals surface area contributed by atoms with Crippen LogP contribution in [0.2, 0.25) is 0 Å². The average Bonchev–Trinajstić information content (AvgIpc) is 2.37. The lowest BCUT2D eigenvalue weighted by atomic mass is 10.1. The number of carbonyl (C=O) groups is 2. The molecule has 0 aliphatic heterocycles. The van der Waals surface area contributed by atoms with Gasteiger partial charge >= 0.3 is 12.0 Å². The largest absolute Gasteiger partial charge is 0.481 e. The molecule has 0 heterocycles. The highest BCUT2D eigenvalue weighted by molar-refractivity contribution is 5.73. The minimum atomic E-state index is -0.739. The van der Waals surface area contributed by atoms with E-state index in [4.69, 9.17) is 5.11 Å². The molecule has 112 valence electrons. The number of hydrogen-bond acceptors (Lipinski definition) is 3. The number of nitrogens with zero attached hydrogens (tertiary/aromatic N) is 1. The summed E-state index contributed by atoms with van der Waals surface area (Å²) in [4.78, 5) is 23.6. The van der Waals surface area contributed by atoms with Crippen molar-refractivity contribution in [1.29, 1.82) is 0 Å². The molecule has 0 atom stereocenters. The van der Waals surface area contributed by atoms with E-state index in [1.165, 1.54) is 0 Å². The predicted octanol–water partition coefficient (Wildman–Crippen LogP) is 1.27. The van der Waals surface area contributed by atoms with Gasteiger partial charge in [0.2, 0.25) is 0 Å². The van der Waals surface area contributed by atoms with Gasteiger partial charge in [0.1, 0.15) is 0 Å². The second-order valence-corrected chi connectivity index (χ2v) is 4.67. The van der Waals surface area contributed by atoms with Gasteiger partial charge in [-0.25, -0.2) is 4.79 Å². The van der Waals surface area contributed by atoms with Crippen molar-refractivity contribution >= 4 is 12.0 Å². The molecule has 0 unspecified atom stereocenters. The van der Waals surface area contributed by atoms with E-state index in [1.54, 1.807) is 11.9 Å². The molecule has 0 aromatic rings. The lowest BCUT2D eigenvalue weighted by Crippen LogP contribution is -2.38. The summed E-state index contributed by atoms with van der Waals surface area (Å²) in [6, 6.07) is -0.0401. The predicted molar refractivity (Wildman–Crippen MR) is 75.3 cm³/mol. The Kier molecular flexibility index (Phi) is 11.0. The van der Waals surface area contributed by atoms with Crippen LogP contribution in [-0.4, -0.2) is 55.7 Å². The molecule has 0 aliphatic rings. The van der Waals surface area contributed by atoms with E-state index >= 15 is 0 Å². The quantitative estimate of drug-likeness (QED) is 0.495. The first-order valence-electron chi connectivity index (χ1n) is 6.93. The Hall–Kier alpha value is -1.30. The van der Waals surface area contributed by atoms with Crippen molar-refractivity contribution in [3.05, 3.63) is 0 Å². The van der Waals surface area contributed by atoms with Gasteiger partial charge in [-0.2, -0.15) is 0 Å². The van der Waals surface area contributed by atoms with E-state index in [1.807, 2.05) is 7.05 Å². The maximum Gasteiger partial charge on any atom is 0.317 e. The van der Waals surface area contributed by atoms with E-state index in [9.17, 15) is 9.59 Å². The standard InChI is InChI=1S/C13H27N3O3/c1-14-9-7-11-16(2)13(19)15-10-6-4-3-5-8-12(17)18/h14H,3-11H2,1-2H3,(H,15,19)(H,17,18). The highest BCUT2D eigenvalue weighted by Gasteiger charge is 2.06. The first-order valence-corrected chi connectivity index (χ1v) is 6.93. The molecule has 6 nitrogen and oxygen atoms in total. The zero-order valence-corrected chi connectivity index (χ0v) is 12.1. The maximum absolute atomic E-state index is 11.6. The third kappa shape index (κ3) is 11.5. The Morgan fingerprint density at radius 2 is 1.74 bits per heavy atom. The van der Waals surface area contributed by atoms with Crippen LogP contribution in [0.5, 0.6) is 0 Å². The number of carbonyl (C=O) groups excluding carboxylic acids is 1. The first kappa shape index (κ1) is 17.7. The molecule has 0 aromatic heterocycles. The fourth-order valence-corrected chi connectivity index (χ4v) is 1.68. The second kappa shape index (κ2) is 11.8. The van der Waals surface area contributed by atoms with Crippen molar-refractivity contribution < 1.29 is 14.7 Å². The Balaban J connectivity index is 3.39. The summed E-state index contributed by atoms with van der Waals surface area (Å²) < 4.78 is 0. The molecule has 0 aromatic carbocycles. The summed E-state index contributed by atoms with van der Waals surface area (Å²) in [5.41, 5.74) is 0. The van der Waals surface area contributed by atoms with E-state index in [0.717, 1.165) is 38.8 Å². The second-order valence-electron chi connectivity index (χ2n) is 4.67. The summed E-state index contributed by atoms with van der Waals surface area (Å²) >= 11 is 0. The van der Waals surface area contributed by atoms with Gasteiger partial charge in [-0.15, -0.1) is 0 Å². The zero-order chi connectivity index (χ0) is 14.5. The van der Waals surface area contributed by atoms with Gasteiger partial charge in [0.05, 0.1) is 0 Å². The van der Waals surface area contributed by atoms with Gasteiger partial charge in [-0.1, -0.05) is 12.8 Å². The fourth-order valence-electron chi connectivity index (χ4n) is 1.68. The number of carboxylic acid groups (broad SMARTS) is 1. The van der Waals surface area contributed by atoms with Crippen LogP contribution in [-0.2, 0) is 4.79 Å². The van der Waals surface area contributed by atoms with Crippen molar-refractivity contribution in [3.8, 4) is 0 Å². The summed E-state index contributed by atoms with van der Waals surface area (Å²) in [5, 5.41) is 14.4. The molecule has 0 bridgehead atoms. The Labute approximate surface area is 115 Å². The molecule has 6 heteroatoms. The summed E-state index contributed by atoms with van der Waals surface area (Å²) in [5.74, 6) is -0.739. The van der Waals surface area contributed by atoms with Crippen LogP contribution < -0.4 is 10.6 Å². The number of unbranched alkanes of at least 4 members (excludes halogenated alkanes) is 3. The number of rotatable bonds is 11. The summed E-state index contributed by atoms with van der Waals surface area (Å²) in [6.07, 6.45) is 4.65. The molecule has 2 amide bonds. The van der Waals surface area contributed by atoms with Crippen LogP contribution in [0.4, 0.5) is 4.79 Å². The summed E-state index contributed by atoms with van der Waals surface area (Å²) in [6.45, 7) is 2.30. The van der Waals surface area contributed by atoms with Crippen LogP contribution in [0, 0.1) is 0 Å². The smallest absolute Gasteiger partial charge is 0.317 e. The number of carboxylic acids is 1. The minimum Gasteiger partial charge on any atom is -0.481 e. The van der Waals surface area contributed by atoms with Gasteiger partial charge in [0.15, 0.2) is 0 Å². The van der Waals surface area contributed by atoms with Crippen molar-refractivity contribution in [2.24, 2.45) is 0 Å². The van der Waals surface area contributed by atoms with Crippen molar-refractivity contribution in [2.75, 3.05) is 33.7 Å². The Morgan fingerprint density at radius 3 is 2.37 bits per heavy atom. The molecule has 0 aliphatic carbocycles. The third-order valence-corrected chi connectivity index (χ3v) is 2.86. The molecular formula is C13H27N3O3. The zero-order valence-electron chi connectivity index (χ0n) is 12.1. The van der Waals surface area contributed by atoms with E-state index in [0.29, 0.717) is 13.0 Å². The topological polar surface area (TPSA) is 81.7 Å². The molecule has 0 fully saturated rings. The molecule has 3 N–H and O–H groups in total. The number of amides is 2. The van der Waals surface area contributed by atoms with Gasteiger partial charge in [0, 0.05) is 26.6 Å². The van der Waals surface area contributed by atoms with Gasteiger partial charge in [-0.3, -0.25) is 4.79 Å². The van der Waals surface area contributed by atoms with E-state index in [2.05, 4.69) is 10.6 Å². The molecule has 0 spiro atoms. The molecule has 0 saturated heterocycles. The van der Waals surface area contributed by atoms with Gasteiger partial charge < -0.3 is 20.6 Å². The molecule has 0 radical (unpaired) electrons. The monoisotopic (exact) mass is 273 g/mol. The van der Waals surface area contributed by atoms with Crippen molar-refractivity contribution in [3.63, 3.8) is 0 Å². The molecule has 19 heavy (non-hydrogen) atoms. The summed E-state index contributed by atoms with van der Waals surface area (Å²) in [7, 11) is 3.68. The van der Waals surface area contributed by atoms with Gasteiger partial charge in [0.25, 0.3) is 0 Å². The Morgan fingerprint density at radius 1 is 1.05 bits per heavy atom. The molecule has 0 rings (SSSR count). The number of aliphatic carboxylic acids is 1. The van der Waals surface area contributed by atoms with Crippen LogP contribution in [0.15, 0.2) is 0 Å². The Bertz CT molecular complexity index is 260. The maximum atomic E-state index is 11.6. The SMILES string of the molecule is CNCCCN(C)C(=O)NCCCCCCC(=O)O. The number of hydrogen-bond donors (Lipinski definition) is 3.